The first-order valence-corrected chi connectivity index (χ1v) is 6.61. The molecule has 0 bridgehead atoms. The molecule has 0 aliphatic rings. The zero-order chi connectivity index (χ0) is 16.0. The van der Waals surface area contributed by atoms with Crippen LogP contribution >= 0.6 is 0 Å². The van der Waals surface area contributed by atoms with Crippen molar-refractivity contribution in [2.24, 2.45) is 0 Å². The number of rotatable bonds is 6. The molecule has 0 aliphatic heterocycles. The minimum atomic E-state index is -0.702. The molecule has 0 radical (unpaired) electrons. The minimum absolute atomic E-state index is 0.409. The minimum Gasteiger partial charge on any atom is -0.496 e. The van der Waals surface area contributed by atoms with Crippen molar-refractivity contribution in [1.82, 2.24) is 0 Å². The van der Waals surface area contributed by atoms with Crippen LogP contribution in [0.5, 0.6) is 11.5 Å². The number of aliphatic hydroxyl groups excluding tert-OH is 1. The topological polar surface area (TPSA) is 65.0 Å². The molecule has 1 N–H and O–H groups in total. The van der Waals surface area contributed by atoms with Crippen molar-refractivity contribution in [2.45, 2.75) is 25.9 Å². The Balaban J connectivity index is 3.30. The lowest BCUT2D eigenvalue weighted by atomic mass is 9.91. The van der Waals surface area contributed by atoms with E-state index in [0.717, 1.165) is 11.1 Å². The number of hydrogen-bond acceptors (Lipinski definition) is 5. The van der Waals surface area contributed by atoms with Crippen molar-refractivity contribution in [3.63, 3.8) is 0 Å². The molecule has 0 spiro atoms. The average Bonchev–Trinajstić information content (AvgIpc) is 2.47. The van der Waals surface area contributed by atoms with Gasteiger partial charge in [-0.1, -0.05) is 6.08 Å². The van der Waals surface area contributed by atoms with Crippen LogP contribution in [0.25, 0.3) is 0 Å². The van der Waals surface area contributed by atoms with E-state index in [2.05, 4.69) is 4.74 Å². The number of esters is 1. The third-order valence-corrected chi connectivity index (χ3v) is 3.27. The lowest BCUT2D eigenvalue weighted by Crippen LogP contribution is -2.14. The molecular formula is C16H22O5. The van der Waals surface area contributed by atoms with Crippen LogP contribution in [-0.4, -0.2) is 38.5 Å². The molecule has 5 nitrogen and oxygen atoms in total. The van der Waals surface area contributed by atoms with Gasteiger partial charge in [-0.15, -0.1) is 0 Å². The van der Waals surface area contributed by atoms with Gasteiger partial charge in [0, 0.05) is 17.6 Å². The summed E-state index contributed by atoms with van der Waals surface area (Å²) in [5, 5.41) is 10.0. The first kappa shape index (κ1) is 17.0. The molecule has 0 fully saturated rings. The molecule has 5 heteroatoms. The van der Waals surface area contributed by atoms with E-state index in [9.17, 15) is 9.90 Å². The summed E-state index contributed by atoms with van der Waals surface area (Å²) in [5.41, 5.74) is 1.68. The van der Waals surface area contributed by atoms with E-state index in [0.29, 0.717) is 11.5 Å². The van der Waals surface area contributed by atoms with Gasteiger partial charge in [0.05, 0.1) is 27.4 Å². The highest BCUT2D eigenvalue weighted by atomic mass is 16.5. The second-order valence-electron chi connectivity index (χ2n) is 4.71. The molecule has 1 aromatic rings. The maximum atomic E-state index is 11.3. The Hall–Kier alpha value is -2.01. The van der Waals surface area contributed by atoms with Gasteiger partial charge in [0.1, 0.15) is 11.5 Å². The Morgan fingerprint density at radius 2 is 1.81 bits per heavy atom. The predicted octanol–water partition coefficient (Wildman–Crippen LogP) is 2.21. The smallest absolute Gasteiger partial charge is 0.330 e. The normalized spacial score (nSPS) is 13.8. The fourth-order valence-corrected chi connectivity index (χ4v) is 2.11. The molecule has 0 saturated heterocycles. The largest absolute Gasteiger partial charge is 0.496 e. The molecule has 0 aromatic heterocycles. The second kappa shape index (κ2) is 7.69. The standard InChI is InChI=1S/C16H22O5/c1-10-8-15(20-4)13(9-14(10)19-3)12(11(2)17)6-7-16(18)21-5/h6-9,11-12,17H,1-5H3/b7-6+/t11-,12+/m1/s1. The van der Waals surface area contributed by atoms with Crippen molar-refractivity contribution >= 4 is 5.97 Å². The quantitative estimate of drug-likeness (QED) is 0.643. The number of ether oxygens (including phenoxy) is 3. The van der Waals surface area contributed by atoms with Gasteiger partial charge in [0.25, 0.3) is 0 Å². The number of benzene rings is 1. The average molecular weight is 294 g/mol. The predicted molar refractivity (Wildman–Crippen MR) is 79.9 cm³/mol. The lowest BCUT2D eigenvalue weighted by Gasteiger charge is -2.21. The zero-order valence-corrected chi connectivity index (χ0v) is 13.0. The summed E-state index contributed by atoms with van der Waals surface area (Å²) in [7, 11) is 4.45. The van der Waals surface area contributed by atoms with Gasteiger partial charge in [-0.05, 0) is 31.5 Å². The van der Waals surface area contributed by atoms with Gasteiger partial charge >= 0.3 is 5.97 Å². The van der Waals surface area contributed by atoms with Crippen LogP contribution in [0.15, 0.2) is 24.3 Å². The molecular weight excluding hydrogens is 272 g/mol. The second-order valence-corrected chi connectivity index (χ2v) is 4.71. The van der Waals surface area contributed by atoms with E-state index < -0.39 is 18.0 Å². The summed E-state index contributed by atoms with van der Waals surface area (Å²) in [6.07, 6.45) is 2.19. The summed E-state index contributed by atoms with van der Waals surface area (Å²) in [4.78, 5) is 11.3. The highest BCUT2D eigenvalue weighted by molar-refractivity contribution is 5.82. The number of aliphatic hydroxyl groups is 1. The van der Waals surface area contributed by atoms with E-state index in [1.54, 1.807) is 27.2 Å². The van der Waals surface area contributed by atoms with Crippen molar-refractivity contribution < 1.29 is 24.1 Å². The summed E-state index contributed by atoms with van der Waals surface area (Å²) in [5.74, 6) is 0.448. The fraction of sp³-hybridized carbons (Fsp3) is 0.438. The van der Waals surface area contributed by atoms with Crippen molar-refractivity contribution in [3.8, 4) is 11.5 Å². The van der Waals surface area contributed by atoms with Crippen LogP contribution in [0.2, 0.25) is 0 Å². The van der Waals surface area contributed by atoms with Gasteiger partial charge in [-0.3, -0.25) is 0 Å². The zero-order valence-electron chi connectivity index (χ0n) is 13.0. The van der Waals surface area contributed by atoms with Crippen LogP contribution in [0, 0.1) is 6.92 Å². The number of hydrogen-bond donors (Lipinski definition) is 1. The Morgan fingerprint density at radius 3 is 2.29 bits per heavy atom. The fourth-order valence-electron chi connectivity index (χ4n) is 2.11. The molecule has 0 unspecified atom stereocenters. The SMILES string of the molecule is COC(=O)/C=C/[C@H](c1cc(OC)c(C)cc1OC)[C@@H](C)O. The van der Waals surface area contributed by atoms with Crippen LogP contribution in [0.3, 0.4) is 0 Å². The van der Waals surface area contributed by atoms with Gasteiger partial charge in [-0.2, -0.15) is 0 Å². The molecule has 0 amide bonds. The molecule has 0 saturated carbocycles. The monoisotopic (exact) mass is 294 g/mol. The number of carbonyl (C=O) groups is 1. The Labute approximate surface area is 125 Å². The number of aryl methyl sites for hydroxylation is 1. The molecule has 21 heavy (non-hydrogen) atoms. The highest BCUT2D eigenvalue weighted by Gasteiger charge is 2.21. The third-order valence-electron chi connectivity index (χ3n) is 3.27. The van der Waals surface area contributed by atoms with Crippen LogP contribution in [0.4, 0.5) is 0 Å². The first-order valence-electron chi connectivity index (χ1n) is 6.61. The van der Waals surface area contributed by atoms with E-state index in [4.69, 9.17) is 9.47 Å². The van der Waals surface area contributed by atoms with Gasteiger partial charge in [0.2, 0.25) is 0 Å². The molecule has 0 aliphatic carbocycles. The Bertz CT molecular complexity index is 520. The van der Waals surface area contributed by atoms with Crippen LogP contribution < -0.4 is 9.47 Å². The van der Waals surface area contributed by atoms with Crippen molar-refractivity contribution in [3.05, 3.63) is 35.4 Å². The Kier molecular flexibility index (Phi) is 6.24. The lowest BCUT2D eigenvalue weighted by molar-refractivity contribution is -0.134. The summed E-state index contributed by atoms with van der Waals surface area (Å²) in [6, 6.07) is 3.66. The molecule has 1 rings (SSSR count). The Morgan fingerprint density at radius 1 is 1.19 bits per heavy atom. The maximum Gasteiger partial charge on any atom is 0.330 e. The van der Waals surface area contributed by atoms with Gasteiger partial charge in [0.15, 0.2) is 0 Å². The van der Waals surface area contributed by atoms with Crippen molar-refractivity contribution in [2.75, 3.05) is 21.3 Å². The van der Waals surface area contributed by atoms with Crippen molar-refractivity contribution in [1.29, 1.82) is 0 Å². The third kappa shape index (κ3) is 4.23. The summed E-state index contributed by atoms with van der Waals surface area (Å²) in [6.45, 7) is 3.56. The van der Waals surface area contributed by atoms with Crippen LogP contribution in [0.1, 0.15) is 24.0 Å². The highest BCUT2D eigenvalue weighted by Crippen LogP contribution is 2.35. The van der Waals surface area contributed by atoms with Gasteiger partial charge in [-0.25, -0.2) is 4.79 Å². The van der Waals surface area contributed by atoms with E-state index in [1.165, 1.54) is 13.2 Å². The molecule has 1 aromatic carbocycles. The molecule has 116 valence electrons. The summed E-state index contributed by atoms with van der Waals surface area (Å²) >= 11 is 0. The van der Waals surface area contributed by atoms with E-state index >= 15 is 0 Å². The number of methoxy groups -OCH3 is 3. The number of carbonyl (C=O) groups excluding carboxylic acids is 1. The molecule has 0 heterocycles. The molecule has 2 atom stereocenters. The van der Waals surface area contributed by atoms with E-state index in [-0.39, 0.29) is 0 Å². The first-order chi connectivity index (χ1) is 9.94. The van der Waals surface area contributed by atoms with E-state index in [1.807, 2.05) is 19.1 Å². The van der Waals surface area contributed by atoms with Gasteiger partial charge < -0.3 is 19.3 Å². The van der Waals surface area contributed by atoms with Crippen LogP contribution in [-0.2, 0) is 9.53 Å². The summed E-state index contributed by atoms with van der Waals surface area (Å²) < 4.78 is 15.3. The maximum absolute atomic E-state index is 11.3.